The first kappa shape index (κ1) is 99.1. The summed E-state index contributed by atoms with van der Waals surface area (Å²) in [6.45, 7) is 22.1. The molecule has 1 aliphatic carbocycles. The first-order chi connectivity index (χ1) is 47.1. The van der Waals surface area contributed by atoms with E-state index in [0.717, 1.165) is 114 Å². The number of unbranched alkanes of at least 4 members (excludes halogenated alkanes) is 4. The molecule has 24 nitrogen and oxygen atoms in total. The highest BCUT2D eigenvalue weighted by Crippen LogP contribution is 2.44. The Bertz CT molecular complexity index is 2810. The predicted octanol–water partition coefficient (Wildman–Crippen LogP) is 9.18. The molecule has 0 bridgehead atoms. The number of hydrogen-bond acceptors (Lipinski definition) is 20. The minimum atomic E-state index is -0.446. The van der Waals surface area contributed by atoms with Crippen molar-refractivity contribution < 1.29 is 57.5 Å². The van der Waals surface area contributed by atoms with Crippen LogP contribution in [-0.2, 0) is 76.3 Å². The fraction of sp³-hybridized carbons (Fsp3) is 0.625. The van der Waals surface area contributed by atoms with Crippen LogP contribution in [0.25, 0.3) is 11.1 Å². The molecule has 7 rings (SSSR count). The summed E-state index contributed by atoms with van der Waals surface area (Å²) in [5.41, 5.74) is 15.9. The molecule has 101 heavy (non-hydrogen) atoms. The Hall–Kier alpha value is -6.12. The largest absolute Gasteiger partial charge is 0.465 e. The summed E-state index contributed by atoms with van der Waals surface area (Å²) in [5, 5.41) is 24.7. The standard InChI is InChI=1S/C23H37N7O5S.C16H25N3O4.C16H14O2.C9H20N2O.C3H8.C2H6.3CH4.P2S2/c24-22(34)15(5-1-4-11-26-18(31)9-12-30-19(32)7-8-20(30)33)27-14-25-10-3-2-6-17-21-16(13-36-17)28-23(35)29-21;1-3-17-13(12(2)20)6-4-5-10-18-14(21)9-11-19-15(22)7-8-16(19)23;1-11(17)18-10-16-14-8-4-2-6-12(14)13-7-3-5-9-15(13)16;1-3-11-9(8(2)12)6-4-5-7-10;1-3-2;1-2;;;;3-1-2-4/h7-8,15-17,21,25,27H,1-6,9-14H2,(H2,24,34)(H,26,31)(H2,28,29,35);7-8,13,17H,3-6,9-11H2,1-2H3,(H,18,21);2-9,16H,10H2,1H3;9,11H,3-7,10H2,1-2H3;3H2,1-2H3;1-2H3;3*1H4;. The van der Waals surface area contributed by atoms with E-state index in [9.17, 15) is 52.7 Å². The minimum absolute atomic E-state index is 0. The maximum atomic E-state index is 11.9. The van der Waals surface area contributed by atoms with Crippen LogP contribution in [0.3, 0.4) is 0 Å². The van der Waals surface area contributed by atoms with Gasteiger partial charge in [-0.25, -0.2) is 4.79 Å². The number of nitrogens with one attached hydrogen (secondary N) is 8. The van der Waals surface area contributed by atoms with Gasteiger partial charge in [-0.15, -0.1) is 0 Å². The summed E-state index contributed by atoms with van der Waals surface area (Å²) in [4.78, 5) is 128. The SMILES string of the molecule is C.C.C.CC.CC(=O)OCC1c2ccccc2-c2ccccc21.CCC.CCNC(CCCCN)C(C)=O.CCNC(CCCCNC(=O)CCN1C(=O)C=CC1=O)C(C)=O.NC(=O)C(CCCCNC(=O)CCN1C(=O)C=CC1=O)NCNCCCCC1SCC2NC(=O)NC21.S=PP=S. The highest BCUT2D eigenvalue weighted by atomic mass is 32.7. The van der Waals surface area contributed by atoms with Crippen LogP contribution in [0.1, 0.15) is 198 Å². The summed E-state index contributed by atoms with van der Waals surface area (Å²) in [6.07, 6.45) is 16.6. The number of esters is 1. The summed E-state index contributed by atoms with van der Waals surface area (Å²) in [7, 11) is 1.74. The van der Waals surface area contributed by atoms with Crippen molar-refractivity contribution >= 4 is 114 Å². The molecule has 12 N–H and O–H groups in total. The van der Waals surface area contributed by atoms with Crippen molar-refractivity contribution in [1.29, 1.82) is 0 Å². The molecule has 29 heteroatoms. The van der Waals surface area contributed by atoms with E-state index >= 15 is 0 Å². The molecule has 0 saturated carbocycles. The molecule has 0 aromatic heterocycles. The second-order valence-electron chi connectivity index (χ2n) is 23.1. The van der Waals surface area contributed by atoms with Crippen molar-refractivity contribution in [1.82, 2.24) is 52.3 Å². The molecule has 2 saturated heterocycles. The minimum Gasteiger partial charge on any atom is -0.465 e. The quantitative estimate of drug-likeness (QED) is 0.00747. The maximum absolute atomic E-state index is 11.9. The normalized spacial score (nSPS) is 16.3. The Morgan fingerprint density at radius 2 is 1.04 bits per heavy atom. The lowest BCUT2D eigenvalue weighted by molar-refractivity contribution is -0.141. The molecule has 9 amide bonds. The molecule has 4 heterocycles. The predicted molar refractivity (Wildman–Crippen MR) is 419 cm³/mol. The van der Waals surface area contributed by atoms with Gasteiger partial charge in [-0.3, -0.25) is 63.1 Å². The number of urea groups is 1. The number of thioether (sulfide) groups is 1. The van der Waals surface area contributed by atoms with Gasteiger partial charge in [0, 0.05) is 108 Å². The molecule has 2 aromatic rings. The molecule has 4 aliphatic heterocycles. The number of nitrogens with two attached hydrogens (primary N) is 2. The molecule has 0 spiro atoms. The zero-order chi connectivity index (χ0) is 73.2. The van der Waals surface area contributed by atoms with Crippen molar-refractivity contribution in [3.8, 4) is 11.1 Å². The van der Waals surface area contributed by atoms with E-state index in [1.54, 1.807) is 13.8 Å². The third-order valence-electron chi connectivity index (χ3n) is 15.5. The van der Waals surface area contributed by atoms with E-state index in [1.807, 2.05) is 63.7 Å². The van der Waals surface area contributed by atoms with Gasteiger partial charge in [0.05, 0.1) is 30.2 Å². The smallest absolute Gasteiger partial charge is 0.315 e. The number of ketones is 2. The van der Waals surface area contributed by atoms with Gasteiger partial charge in [0.15, 0.2) is 0 Å². The third-order valence-corrected chi connectivity index (χ3v) is 19.7. The lowest BCUT2D eigenvalue weighted by Crippen LogP contribution is -2.45. The van der Waals surface area contributed by atoms with Gasteiger partial charge in [-0.1, -0.05) is 132 Å². The highest BCUT2D eigenvalue weighted by Gasteiger charge is 2.42. The van der Waals surface area contributed by atoms with Crippen LogP contribution in [0.5, 0.6) is 0 Å². The molecule has 2 aromatic carbocycles. The van der Waals surface area contributed by atoms with E-state index in [-0.39, 0.29) is 125 Å². The van der Waals surface area contributed by atoms with E-state index in [2.05, 4.69) is 104 Å². The second kappa shape index (κ2) is 60.3. The van der Waals surface area contributed by atoms with E-state index < -0.39 is 23.8 Å². The van der Waals surface area contributed by atoms with E-state index in [4.69, 9.17) is 16.2 Å². The van der Waals surface area contributed by atoms with Crippen LogP contribution in [0.4, 0.5) is 4.79 Å². The lowest BCUT2D eigenvalue weighted by atomic mass is 9.98. The fourth-order valence-electron chi connectivity index (χ4n) is 10.7. The van der Waals surface area contributed by atoms with Gasteiger partial charge in [0.2, 0.25) is 17.7 Å². The van der Waals surface area contributed by atoms with E-state index in [0.29, 0.717) is 50.9 Å². The number of carbonyl (C=O) groups is 11. The van der Waals surface area contributed by atoms with Gasteiger partial charge >= 0.3 is 12.0 Å². The number of rotatable bonds is 38. The summed E-state index contributed by atoms with van der Waals surface area (Å²) < 4.78 is 5.20. The van der Waals surface area contributed by atoms with Crippen LogP contribution in [0.15, 0.2) is 72.8 Å². The number of benzene rings is 2. The van der Waals surface area contributed by atoms with Gasteiger partial charge < -0.3 is 53.4 Å². The average molecular weight is 1510 g/mol. The Labute approximate surface area is 620 Å². The first-order valence-electron chi connectivity index (χ1n) is 34.3. The zero-order valence-corrected chi connectivity index (χ0v) is 63.2. The maximum Gasteiger partial charge on any atom is 0.315 e. The average Bonchev–Trinajstić information content (AvgIpc) is 1.62. The molecular weight excluding hydrogens is 1380 g/mol. The van der Waals surface area contributed by atoms with Crippen LogP contribution >= 0.6 is 25.9 Å². The molecule has 2 fully saturated rings. The van der Waals surface area contributed by atoms with Gasteiger partial charge in [0.1, 0.15) is 18.2 Å². The zero-order valence-electron chi connectivity index (χ0n) is 58.9. The lowest BCUT2D eigenvalue weighted by Gasteiger charge is -2.17. The van der Waals surface area contributed by atoms with Crippen molar-refractivity contribution in [3.63, 3.8) is 0 Å². The van der Waals surface area contributed by atoms with E-state index in [1.165, 1.54) is 59.9 Å². The van der Waals surface area contributed by atoms with Crippen molar-refractivity contribution in [2.45, 2.75) is 222 Å². The number of hydrogen-bond donors (Lipinski definition) is 10. The summed E-state index contributed by atoms with van der Waals surface area (Å²) in [5.74, 6) is -1.09. The molecule has 0 radical (unpaired) electrons. The number of nitrogens with zero attached hydrogens (tertiary/aromatic N) is 2. The fourth-order valence-corrected chi connectivity index (χ4v) is 12.2. The number of carbonyl (C=O) groups excluding carboxylic acids is 11. The Morgan fingerprint density at radius 3 is 1.45 bits per heavy atom. The number of likely N-dealkylation sites (N-methyl/N-ethyl adjacent to an activating group) is 2. The number of primary amides is 1. The van der Waals surface area contributed by atoms with Gasteiger partial charge in [0.25, 0.3) is 23.6 Å². The first-order valence-corrected chi connectivity index (χ1v) is 39.9. The summed E-state index contributed by atoms with van der Waals surface area (Å²) >= 11 is 10.7. The molecular formula is C72H122N12O12P2S3. The van der Waals surface area contributed by atoms with Crippen LogP contribution < -0.4 is 54.0 Å². The molecule has 6 atom stereocenters. The highest BCUT2D eigenvalue weighted by molar-refractivity contribution is 8.40. The monoisotopic (exact) mass is 1500 g/mol. The molecule has 570 valence electrons. The Balaban J connectivity index is -0.00000128. The van der Waals surface area contributed by atoms with Gasteiger partial charge in [-0.05, 0) is 150 Å². The summed E-state index contributed by atoms with van der Waals surface area (Å²) in [6, 6.07) is 16.6. The van der Waals surface area contributed by atoms with Gasteiger partial charge in [-0.2, -0.15) is 11.8 Å². The topological polar surface area (TPSA) is 352 Å². The Kier molecular flexibility index (Phi) is 59.2. The van der Waals surface area contributed by atoms with Crippen LogP contribution in [0.2, 0.25) is 0 Å². The van der Waals surface area contributed by atoms with Crippen LogP contribution in [-0.4, -0.2) is 182 Å². The Morgan fingerprint density at radius 1 is 0.614 bits per heavy atom. The van der Waals surface area contributed by atoms with Crippen LogP contribution in [0, 0.1) is 0 Å². The number of ether oxygens (including phenoxy) is 1. The third kappa shape index (κ3) is 40.5. The molecule has 5 aliphatic rings. The molecule has 6 unspecified atom stereocenters. The van der Waals surface area contributed by atoms with Crippen molar-refractivity contribution in [2.24, 2.45) is 11.5 Å². The van der Waals surface area contributed by atoms with Crippen molar-refractivity contribution in [3.05, 3.63) is 84.0 Å². The number of fused-ring (bicyclic) bond motifs is 4. The van der Waals surface area contributed by atoms with Crippen molar-refractivity contribution in [2.75, 3.05) is 71.4 Å². The number of amides is 9. The number of Topliss-reactive ketones (excluding diaryl/α,β-unsaturated/α-hetero) is 2. The number of imide groups is 2. The second-order valence-corrected chi connectivity index (χ2v) is 28.6.